The summed E-state index contributed by atoms with van der Waals surface area (Å²) in [5, 5.41) is 3.33. The Morgan fingerprint density at radius 2 is 2.11 bits per heavy atom. The van der Waals surface area contributed by atoms with E-state index in [9.17, 15) is 4.79 Å². The van der Waals surface area contributed by atoms with Crippen molar-refractivity contribution in [2.75, 3.05) is 29.4 Å². The highest BCUT2D eigenvalue weighted by Crippen LogP contribution is 2.38. The molecule has 0 bridgehead atoms. The molecule has 0 saturated carbocycles. The fourth-order valence-electron chi connectivity index (χ4n) is 3.09. The third kappa shape index (κ3) is 1.91. The van der Waals surface area contributed by atoms with Crippen LogP contribution in [0.5, 0.6) is 0 Å². The summed E-state index contributed by atoms with van der Waals surface area (Å²) in [6.45, 7) is 8.85. The molecule has 1 saturated heterocycles. The summed E-state index contributed by atoms with van der Waals surface area (Å²) >= 11 is 0. The number of aryl methyl sites for hydroxylation is 1. The molecule has 0 spiro atoms. The van der Waals surface area contributed by atoms with E-state index in [-0.39, 0.29) is 18.0 Å². The van der Waals surface area contributed by atoms with Gasteiger partial charge in [0.25, 0.3) is 5.91 Å². The molecule has 1 unspecified atom stereocenters. The molecule has 102 valence electrons. The smallest absolute Gasteiger partial charge is 0.251 e. The van der Waals surface area contributed by atoms with E-state index in [0.29, 0.717) is 0 Å². The third-order valence-corrected chi connectivity index (χ3v) is 3.98. The number of amides is 1. The van der Waals surface area contributed by atoms with Gasteiger partial charge < -0.3 is 15.1 Å². The van der Waals surface area contributed by atoms with Crippen molar-refractivity contribution in [1.82, 2.24) is 5.32 Å². The summed E-state index contributed by atoms with van der Waals surface area (Å²) < 4.78 is 0. The lowest BCUT2D eigenvalue weighted by molar-refractivity contribution is -0.120. The lowest BCUT2D eigenvalue weighted by atomic mass is 10.0. The number of fused-ring (bicyclic) bond motifs is 3. The van der Waals surface area contributed by atoms with Crippen LogP contribution in [0, 0.1) is 6.92 Å². The summed E-state index contributed by atoms with van der Waals surface area (Å²) in [6.07, 6.45) is 0. The van der Waals surface area contributed by atoms with Crippen molar-refractivity contribution in [2.24, 2.45) is 0 Å². The molecule has 1 amide bonds. The summed E-state index contributed by atoms with van der Waals surface area (Å²) in [7, 11) is 0. The predicted octanol–water partition coefficient (Wildman–Crippen LogP) is 1.53. The van der Waals surface area contributed by atoms with Crippen molar-refractivity contribution in [3.05, 3.63) is 23.8 Å². The van der Waals surface area contributed by atoms with Gasteiger partial charge in [-0.25, -0.2) is 0 Å². The highest BCUT2D eigenvalue weighted by molar-refractivity contribution is 6.06. The Kier molecular flexibility index (Phi) is 2.97. The molecule has 1 N–H and O–H groups in total. The summed E-state index contributed by atoms with van der Waals surface area (Å²) in [5.41, 5.74) is 3.51. The quantitative estimate of drug-likeness (QED) is 0.831. The summed E-state index contributed by atoms with van der Waals surface area (Å²) in [5.74, 6) is 0.221. The van der Waals surface area contributed by atoms with Crippen LogP contribution in [-0.4, -0.2) is 37.6 Å². The molecule has 3 rings (SSSR count). The molecular formula is C15H21N3O. The number of rotatable bonds is 1. The average molecular weight is 259 g/mol. The maximum Gasteiger partial charge on any atom is 0.251 e. The minimum absolute atomic E-state index is 0.0505. The maximum atomic E-state index is 12.7. The molecule has 1 atom stereocenters. The highest BCUT2D eigenvalue weighted by Gasteiger charge is 2.40. The van der Waals surface area contributed by atoms with Gasteiger partial charge in [0.15, 0.2) is 0 Å². The molecule has 1 fully saturated rings. The SMILES string of the molecule is Cc1ccc2c(c1)N1CCNCC1C(=O)N2C(C)C. The molecule has 2 aliphatic rings. The molecule has 2 aliphatic heterocycles. The van der Waals surface area contributed by atoms with Gasteiger partial charge >= 0.3 is 0 Å². The van der Waals surface area contributed by atoms with Crippen molar-refractivity contribution >= 4 is 17.3 Å². The Morgan fingerprint density at radius 1 is 1.32 bits per heavy atom. The lowest BCUT2D eigenvalue weighted by Crippen LogP contribution is -2.63. The third-order valence-electron chi connectivity index (χ3n) is 3.98. The Bertz CT molecular complexity index is 512. The van der Waals surface area contributed by atoms with Gasteiger partial charge in [-0.3, -0.25) is 4.79 Å². The van der Waals surface area contributed by atoms with E-state index < -0.39 is 0 Å². The second-order valence-corrected chi connectivity index (χ2v) is 5.71. The van der Waals surface area contributed by atoms with Crippen LogP contribution in [0.1, 0.15) is 19.4 Å². The second-order valence-electron chi connectivity index (χ2n) is 5.71. The van der Waals surface area contributed by atoms with E-state index in [1.54, 1.807) is 0 Å². The Hall–Kier alpha value is -1.55. The van der Waals surface area contributed by atoms with Crippen LogP contribution >= 0.6 is 0 Å². The van der Waals surface area contributed by atoms with E-state index in [1.165, 1.54) is 11.3 Å². The van der Waals surface area contributed by atoms with E-state index in [2.05, 4.69) is 49.2 Å². The molecule has 19 heavy (non-hydrogen) atoms. The maximum absolute atomic E-state index is 12.7. The van der Waals surface area contributed by atoms with Gasteiger partial charge in [-0.1, -0.05) is 6.07 Å². The molecular weight excluding hydrogens is 238 g/mol. The van der Waals surface area contributed by atoms with Crippen LogP contribution < -0.4 is 15.1 Å². The van der Waals surface area contributed by atoms with E-state index in [4.69, 9.17) is 0 Å². The topological polar surface area (TPSA) is 35.6 Å². The van der Waals surface area contributed by atoms with Gasteiger partial charge in [-0.2, -0.15) is 0 Å². The number of piperazine rings is 1. The minimum Gasteiger partial charge on any atom is -0.355 e. The van der Waals surface area contributed by atoms with Crippen LogP contribution in [-0.2, 0) is 4.79 Å². The molecule has 0 aromatic heterocycles. The zero-order valence-electron chi connectivity index (χ0n) is 11.8. The van der Waals surface area contributed by atoms with Gasteiger partial charge in [0, 0.05) is 25.7 Å². The number of nitrogens with one attached hydrogen (secondary N) is 1. The van der Waals surface area contributed by atoms with Crippen LogP contribution in [0.25, 0.3) is 0 Å². The van der Waals surface area contributed by atoms with Crippen molar-refractivity contribution < 1.29 is 4.79 Å². The van der Waals surface area contributed by atoms with Gasteiger partial charge in [0.2, 0.25) is 0 Å². The van der Waals surface area contributed by atoms with Crippen LogP contribution in [0.4, 0.5) is 11.4 Å². The lowest BCUT2D eigenvalue weighted by Gasteiger charge is -2.46. The molecule has 4 nitrogen and oxygen atoms in total. The van der Waals surface area contributed by atoms with E-state index in [1.807, 2.05) is 4.90 Å². The largest absolute Gasteiger partial charge is 0.355 e. The van der Waals surface area contributed by atoms with Crippen LogP contribution in [0.3, 0.4) is 0 Å². The number of hydrogen-bond donors (Lipinski definition) is 1. The molecule has 1 aromatic carbocycles. The highest BCUT2D eigenvalue weighted by atomic mass is 16.2. The standard InChI is InChI=1S/C15H21N3O/c1-10(2)18-12-5-4-11(3)8-13(12)17-7-6-16-9-14(17)15(18)19/h4-5,8,10,14,16H,6-7,9H2,1-3H3. The van der Waals surface area contributed by atoms with E-state index in [0.717, 1.165) is 25.3 Å². The van der Waals surface area contributed by atoms with Crippen molar-refractivity contribution in [3.8, 4) is 0 Å². The van der Waals surface area contributed by atoms with Crippen molar-refractivity contribution in [1.29, 1.82) is 0 Å². The second kappa shape index (κ2) is 4.53. The Morgan fingerprint density at radius 3 is 2.84 bits per heavy atom. The first kappa shape index (κ1) is 12.5. The number of anilines is 2. The van der Waals surface area contributed by atoms with E-state index >= 15 is 0 Å². The minimum atomic E-state index is -0.0505. The average Bonchev–Trinajstić information content (AvgIpc) is 2.39. The first-order valence-electron chi connectivity index (χ1n) is 7.00. The molecule has 0 aliphatic carbocycles. The summed E-state index contributed by atoms with van der Waals surface area (Å²) in [6, 6.07) is 6.52. The summed E-state index contributed by atoms with van der Waals surface area (Å²) in [4.78, 5) is 16.9. The zero-order chi connectivity index (χ0) is 13.6. The predicted molar refractivity (Wildman–Crippen MR) is 77.8 cm³/mol. The fourth-order valence-corrected chi connectivity index (χ4v) is 3.09. The number of hydrogen-bond acceptors (Lipinski definition) is 3. The molecule has 2 heterocycles. The number of nitrogens with zero attached hydrogens (tertiary/aromatic N) is 2. The number of benzene rings is 1. The van der Waals surface area contributed by atoms with Crippen LogP contribution in [0.15, 0.2) is 18.2 Å². The number of carbonyl (C=O) groups excluding carboxylic acids is 1. The normalized spacial score (nSPS) is 22.5. The van der Waals surface area contributed by atoms with Crippen molar-refractivity contribution in [3.63, 3.8) is 0 Å². The first-order valence-corrected chi connectivity index (χ1v) is 7.00. The van der Waals surface area contributed by atoms with Gasteiger partial charge in [-0.05, 0) is 38.5 Å². The zero-order valence-corrected chi connectivity index (χ0v) is 11.8. The monoisotopic (exact) mass is 259 g/mol. The van der Waals surface area contributed by atoms with Gasteiger partial charge in [-0.15, -0.1) is 0 Å². The Labute approximate surface area is 114 Å². The van der Waals surface area contributed by atoms with Gasteiger partial charge in [0.05, 0.1) is 11.4 Å². The van der Waals surface area contributed by atoms with Gasteiger partial charge in [0.1, 0.15) is 6.04 Å². The molecule has 4 heteroatoms. The molecule has 1 aromatic rings. The number of carbonyl (C=O) groups is 1. The Balaban J connectivity index is 2.14. The van der Waals surface area contributed by atoms with Crippen LogP contribution in [0.2, 0.25) is 0 Å². The fraction of sp³-hybridized carbons (Fsp3) is 0.533. The first-order chi connectivity index (χ1) is 9.09. The molecule has 0 radical (unpaired) electrons. The van der Waals surface area contributed by atoms with Crippen molar-refractivity contribution in [2.45, 2.75) is 32.9 Å².